The fourth-order valence-electron chi connectivity index (χ4n) is 2.98. The van der Waals surface area contributed by atoms with Gasteiger partial charge in [-0.25, -0.2) is 0 Å². The van der Waals surface area contributed by atoms with Crippen LogP contribution < -0.4 is 0 Å². The van der Waals surface area contributed by atoms with Crippen molar-refractivity contribution >= 4 is 7.12 Å². The maximum Gasteiger partial charge on any atom is 0.464 e. The molecular weight excluding hydrogens is 235 g/mol. The first kappa shape index (κ1) is 15.1. The monoisotopic (exact) mass is 264 g/mol. The molecule has 0 spiro atoms. The van der Waals surface area contributed by atoms with Crippen LogP contribution in [0, 0.1) is 5.92 Å². The molecule has 1 aliphatic heterocycles. The van der Waals surface area contributed by atoms with Crippen molar-refractivity contribution in [3.63, 3.8) is 0 Å². The molecule has 0 aromatic heterocycles. The summed E-state index contributed by atoms with van der Waals surface area (Å²) in [6.07, 6.45) is 6.01. The Bertz CT molecular complexity index is 366. The first-order valence-electron chi connectivity index (χ1n) is 7.57. The maximum absolute atomic E-state index is 6.27. The highest BCUT2D eigenvalue weighted by atomic mass is 16.7. The SMILES string of the molecule is CC1=CCC(C(C)(C)B2OC(C)(C)C(C)(C)O2)CC1. The summed E-state index contributed by atoms with van der Waals surface area (Å²) in [7, 11) is -0.102. The summed E-state index contributed by atoms with van der Waals surface area (Å²) in [5.41, 5.74) is 1.08. The fourth-order valence-corrected chi connectivity index (χ4v) is 2.98. The smallest absolute Gasteiger partial charge is 0.403 e. The van der Waals surface area contributed by atoms with Gasteiger partial charge in [0.15, 0.2) is 0 Å². The second kappa shape index (κ2) is 4.63. The van der Waals surface area contributed by atoms with E-state index in [0.29, 0.717) is 5.92 Å². The first-order valence-corrected chi connectivity index (χ1v) is 7.57. The summed E-state index contributed by atoms with van der Waals surface area (Å²) < 4.78 is 12.5. The van der Waals surface area contributed by atoms with Crippen LogP contribution in [0.4, 0.5) is 0 Å². The Morgan fingerprint density at radius 2 is 1.68 bits per heavy atom. The molecular formula is C16H29BO2. The molecule has 0 saturated carbocycles. The molecule has 2 aliphatic rings. The number of allylic oxidation sites excluding steroid dienone is 2. The third kappa shape index (κ3) is 2.64. The van der Waals surface area contributed by atoms with Crippen molar-refractivity contribution in [1.29, 1.82) is 0 Å². The van der Waals surface area contributed by atoms with Gasteiger partial charge in [-0.2, -0.15) is 0 Å². The minimum absolute atomic E-state index is 0.0578. The molecule has 1 atom stereocenters. The zero-order valence-electron chi connectivity index (χ0n) is 13.7. The van der Waals surface area contributed by atoms with Gasteiger partial charge in [0.1, 0.15) is 0 Å². The predicted octanol–water partition coefficient (Wildman–Crippen LogP) is 4.61. The zero-order valence-corrected chi connectivity index (χ0v) is 13.7. The van der Waals surface area contributed by atoms with Crippen LogP contribution in [-0.2, 0) is 9.31 Å². The van der Waals surface area contributed by atoms with Gasteiger partial charge in [0.2, 0.25) is 0 Å². The molecule has 2 rings (SSSR count). The molecule has 0 aromatic carbocycles. The molecule has 0 N–H and O–H groups in total. The third-order valence-corrected chi connectivity index (χ3v) is 5.55. The van der Waals surface area contributed by atoms with E-state index in [9.17, 15) is 0 Å². The van der Waals surface area contributed by atoms with E-state index in [-0.39, 0.29) is 23.6 Å². The van der Waals surface area contributed by atoms with E-state index in [4.69, 9.17) is 9.31 Å². The largest absolute Gasteiger partial charge is 0.464 e. The van der Waals surface area contributed by atoms with Crippen LogP contribution in [0.25, 0.3) is 0 Å². The molecule has 1 unspecified atom stereocenters. The molecule has 3 heteroatoms. The first-order chi connectivity index (χ1) is 8.56. The van der Waals surface area contributed by atoms with Gasteiger partial charge in [-0.3, -0.25) is 0 Å². The Morgan fingerprint density at radius 3 is 2.11 bits per heavy atom. The second-order valence-electron chi connectivity index (χ2n) is 7.93. The number of hydrogen-bond acceptors (Lipinski definition) is 2. The molecule has 1 saturated heterocycles. The summed E-state index contributed by atoms with van der Waals surface area (Å²) in [6, 6.07) is 0. The van der Waals surface area contributed by atoms with Crippen molar-refractivity contribution in [3.8, 4) is 0 Å². The maximum atomic E-state index is 6.27. The van der Waals surface area contributed by atoms with Gasteiger partial charge in [-0.15, -0.1) is 0 Å². The van der Waals surface area contributed by atoms with Crippen molar-refractivity contribution in [2.24, 2.45) is 5.92 Å². The molecule has 1 heterocycles. The van der Waals surface area contributed by atoms with Gasteiger partial charge in [0, 0.05) is 5.31 Å². The number of hydrogen-bond donors (Lipinski definition) is 0. The predicted molar refractivity (Wildman–Crippen MR) is 81.2 cm³/mol. The summed E-state index contributed by atoms with van der Waals surface area (Å²) in [6.45, 7) is 15.4. The average molecular weight is 264 g/mol. The normalized spacial score (nSPS) is 30.4. The molecule has 0 amide bonds. The second-order valence-corrected chi connectivity index (χ2v) is 7.93. The van der Waals surface area contributed by atoms with Gasteiger partial charge in [-0.05, 0) is 59.8 Å². The van der Waals surface area contributed by atoms with Gasteiger partial charge in [0.25, 0.3) is 0 Å². The van der Waals surface area contributed by atoms with Crippen LogP contribution in [0.15, 0.2) is 11.6 Å². The van der Waals surface area contributed by atoms with E-state index in [1.807, 2.05) is 0 Å². The summed E-state index contributed by atoms with van der Waals surface area (Å²) >= 11 is 0. The van der Waals surface area contributed by atoms with E-state index >= 15 is 0 Å². The standard InChI is InChI=1S/C16H29BO2/c1-12-8-10-13(11-9-12)14(2,3)17-18-15(4,5)16(6,7)19-17/h8,13H,9-11H2,1-7H3. The van der Waals surface area contributed by atoms with Crippen molar-refractivity contribution in [2.75, 3.05) is 0 Å². The van der Waals surface area contributed by atoms with Crippen LogP contribution in [0.1, 0.15) is 67.7 Å². The molecule has 2 nitrogen and oxygen atoms in total. The Kier molecular flexibility index (Phi) is 3.68. The molecule has 108 valence electrons. The van der Waals surface area contributed by atoms with Crippen LogP contribution >= 0.6 is 0 Å². The Labute approximate surface area is 119 Å². The van der Waals surface area contributed by atoms with Gasteiger partial charge in [-0.1, -0.05) is 25.5 Å². The van der Waals surface area contributed by atoms with Gasteiger partial charge in [0.05, 0.1) is 11.2 Å². The highest BCUT2D eigenvalue weighted by Gasteiger charge is 2.58. The third-order valence-electron chi connectivity index (χ3n) is 5.55. The van der Waals surface area contributed by atoms with Crippen molar-refractivity contribution in [1.82, 2.24) is 0 Å². The molecule has 1 fully saturated rings. The van der Waals surface area contributed by atoms with Crippen LogP contribution in [0.5, 0.6) is 0 Å². The lowest BCUT2D eigenvalue weighted by atomic mass is 9.51. The highest BCUT2D eigenvalue weighted by Crippen LogP contribution is 2.51. The minimum Gasteiger partial charge on any atom is -0.403 e. The molecule has 0 bridgehead atoms. The van der Waals surface area contributed by atoms with E-state index in [2.05, 4.69) is 54.5 Å². The topological polar surface area (TPSA) is 18.5 Å². The Balaban J connectivity index is 2.14. The summed E-state index contributed by atoms with van der Waals surface area (Å²) in [5.74, 6) is 0.644. The van der Waals surface area contributed by atoms with E-state index in [0.717, 1.165) is 6.42 Å². The summed E-state index contributed by atoms with van der Waals surface area (Å²) in [5, 5.41) is 0.0578. The van der Waals surface area contributed by atoms with E-state index < -0.39 is 0 Å². The average Bonchev–Trinajstić information content (AvgIpc) is 2.49. The molecule has 19 heavy (non-hydrogen) atoms. The zero-order chi connectivity index (χ0) is 14.5. The molecule has 0 aromatic rings. The lowest BCUT2D eigenvalue weighted by molar-refractivity contribution is 0.00578. The quantitative estimate of drug-likeness (QED) is 0.535. The highest BCUT2D eigenvalue weighted by molar-refractivity contribution is 6.49. The van der Waals surface area contributed by atoms with Gasteiger partial charge < -0.3 is 9.31 Å². The lowest BCUT2D eigenvalue weighted by Crippen LogP contribution is -2.41. The Morgan fingerprint density at radius 1 is 1.16 bits per heavy atom. The van der Waals surface area contributed by atoms with Crippen LogP contribution in [0.3, 0.4) is 0 Å². The van der Waals surface area contributed by atoms with Gasteiger partial charge >= 0.3 is 7.12 Å². The van der Waals surface area contributed by atoms with Crippen LogP contribution in [0.2, 0.25) is 5.31 Å². The van der Waals surface area contributed by atoms with Crippen LogP contribution in [-0.4, -0.2) is 18.3 Å². The fraction of sp³-hybridized carbons (Fsp3) is 0.875. The number of rotatable bonds is 2. The Hall–Kier alpha value is -0.275. The van der Waals surface area contributed by atoms with E-state index in [1.54, 1.807) is 0 Å². The molecule has 1 aliphatic carbocycles. The summed E-state index contributed by atoms with van der Waals surface area (Å²) in [4.78, 5) is 0. The van der Waals surface area contributed by atoms with Crippen molar-refractivity contribution in [3.05, 3.63) is 11.6 Å². The molecule has 0 radical (unpaired) electrons. The minimum atomic E-state index is -0.227. The van der Waals surface area contributed by atoms with E-state index in [1.165, 1.54) is 18.4 Å². The van der Waals surface area contributed by atoms with Crippen molar-refractivity contribution in [2.45, 2.75) is 84.2 Å². The van der Waals surface area contributed by atoms with Crippen molar-refractivity contribution < 1.29 is 9.31 Å². The lowest BCUT2D eigenvalue weighted by Gasteiger charge is -2.37.